The lowest BCUT2D eigenvalue weighted by molar-refractivity contribution is -0.130. The Kier molecular flexibility index (Phi) is 3.45. The van der Waals surface area contributed by atoms with Crippen molar-refractivity contribution in [2.24, 2.45) is 0 Å². The molecule has 3 aromatic rings. The number of benzene rings is 1. The number of nitrogens with zero attached hydrogens (tertiary/aromatic N) is 4. The number of rotatable bonds is 3. The van der Waals surface area contributed by atoms with Gasteiger partial charge in [-0.15, -0.1) is 0 Å². The van der Waals surface area contributed by atoms with Gasteiger partial charge in [-0.05, 0) is 6.07 Å². The molecule has 0 atom stereocenters. The van der Waals surface area contributed by atoms with Crippen LogP contribution in [0.1, 0.15) is 5.69 Å². The zero-order valence-electron chi connectivity index (χ0n) is 12.7. The predicted octanol–water partition coefficient (Wildman–Crippen LogP) is 1.18. The molecule has 1 amide bonds. The highest BCUT2D eigenvalue weighted by atomic mass is 16.2. The van der Waals surface area contributed by atoms with E-state index in [1.165, 1.54) is 0 Å². The molecule has 7 heteroatoms. The second-order valence-electron chi connectivity index (χ2n) is 5.68. The molecule has 1 aliphatic heterocycles. The Morgan fingerprint density at radius 3 is 2.78 bits per heavy atom. The lowest BCUT2D eigenvalue weighted by Crippen LogP contribution is -2.49. The first kappa shape index (κ1) is 13.8. The maximum absolute atomic E-state index is 12.5. The molecule has 1 aromatic carbocycles. The first-order chi connectivity index (χ1) is 11.3. The summed E-state index contributed by atoms with van der Waals surface area (Å²) < 4.78 is 0. The van der Waals surface area contributed by atoms with Crippen molar-refractivity contribution >= 4 is 22.8 Å². The molecule has 0 saturated carbocycles. The van der Waals surface area contributed by atoms with E-state index in [0.717, 1.165) is 35.6 Å². The van der Waals surface area contributed by atoms with E-state index in [9.17, 15) is 4.79 Å². The highest BCUT2D eigenvalue weighted by Gasteiger charge is 2.23. The van der Waals surface area contributed by atoms with E-state index < -0.39 is 0 Å². The molecule has 4 rings (SSSR count). The van der Waals surface area contributed by atoms with Gasteiger partial charge in [-0.3, -0.25) is 9.89 Å². The Bertz CT molecular complexity index is 801. The van der Waals surface area contributed by atoms with Gasteiger partial charge in [0.1, 0.15) is 0 Å². The van der Waals surface area contributed by atoms with Crippen molar-refractivity contribution in [1.82, 2.24) is 25.1 Å². The lowest BCUT2D eigenvalue weighted by atomic mass is 10.1. The van der Waals surface area contributed by atoms with Crippen LogP contribution in [0.25, 0.3) is 10.9 Å². The number of H-pyrrole nitrogens is 2. The maximum atomic E-state index is 12.5. The van der Waals surface area contributed by atoms with Crippen LogP contribution in [-0.2, 0) is 11.2 Å². The third-order valence-electron chi connectivity index (χ3n) is 4.28. The lowest BCUT2D eigenvalue weighted by Gasteiger charge is -2.34. The number of anilines is 1. The van der Waals surface area contributed by atoms with Crippen molar-refractivity contribution in [3.8, 4) is 0 Å². The van der Waals surface area contributed by atoms with E-state index in [1.807, 2.05) is 35.4 Å². The number of nitrogens with one attached hydrogen (secondary N) is 2. The molecule has 118 valence electrons. The summed E-state index contributed by atoms with van der Waals surface area (Å²) in [6.07, 6.45) is 3.92. The third-order valence-corrected chi connectivity index (χ3v) is 4.28. The Labute approximate surface area is 133 Å². The normalized spacial score (nSPS) is 15.3. The zero-order valence-corrected chi connectivity index (χ0v) is 12.7. The minimum Gasteiger partial charge on any atom is -0.339 e. The van der Waals surface area contributed by atoms with Crippen molar-refractivity contribution in [1.29, 1.82) is 0 Å². The van der Waals surface area contributed by atoms with Gasteiger partial charge in [0.05, 0.1) is 17.6 Å². The Morgan fingerprint density at radius 2 is 2.00 bits per heavy atom. The molecular formula is C16H18N6O. The number of para-hydroxylation sites is 1. The average Bonchev–Trinajstić information content (AvgIpc) is 3.25. The molecular weight excluding hydrogens is 292 g/mol. The van der Waals surface area contributed by atoms with Crippen molar-refractivity contribution < 1.29 is 4.79 Å². The topological polar surface area (TPSA) is 80.9 Å². The van der Waals surface area contributed by atoms with Gasteiger partial charge in [0.25, 0.3) is 0 Å². The van der Waals surface area contributed by atoms with Gasteiger partial charge in [0.15, 0.2) is 0 Å². The molecule has 0 aliphatic carbocycles. The van der Waals surface area contributed by atoms with Crippen LogP contribution in [0.3, 0.4) is 0 Å². The molecule has 7 nitrogen and oxygen atoms in total. The van der Waals surface area contributed by atoms with Gasteiger partial charge in [0.2, 0.25) is 11.9 Å². The predicted molar refractivity (Wildman–Crippen MR) is 87.2 cm³/mol. The monoisotopic (exact) mass is 310 g/mol. The molecule has 0 spiro atoms. The first-order valence-corrected chi connectivity index (χ1v) is 7.75. The van der Waals surface area contributed by atoms with Crippen LogP contribution in [0, 0.1) is 0 Å². The first-order valence-electron chi connectivity index (χ1n) is 7.75. The quantitative estimate of drug-likeness (QED) is 0.761. The minimum absolute atomic E-state index is 0.137. The number of piperazine rings is 1. The van der Waals surface area contributed by atoms with Crippen molar-refractivity contribution in [2.45, 2.75) is 6.42 Å². The summed E-state index contributed by atoms with van der Waals surface area (Å²) in [6.45, 7) is 3.02. The van der Waals surface area contributed by atoms with E-state index in [-0.39, 0.29) is 5.91 Å². The maximum Gasteiger partial charge on any atom is 0.228 e. The average molecular weight is 310 g/mol. The molecule has 23 heavy (non-hydrogen) atoms. The molecule has 2 N–H and O–H groups in total. The van der Waals surface area contributed by atoms with E-state index in [0.29, 0.717) is 19.5 Å². The van der Waals surface area contributed by atoms with E-state index in [2.05, 4.69) is 25.1 Å². The highest BCUT2D eigenvalue weighted by molar-refractivity contribution is 5.87. The number of hydrogen-bond acceptors (Lipinski definition) is 4. The molecule has 1 aliphatic rings. The molecule has 0 radical (unpaired) electrons. The molecule has 0 unspecified atom stereocenters. The van der Waals surface area contributed by atoms with Gasteiger partial charge in [-0.1, -0.05) is 18.2 Å². The van der Waals surface area contributed by atoms with Gasteiger partial charge in [0, 0.05) is 44.0 Å². The van der Waals surface area contributed by atoms with Gasteiger partial charge < -0.3 is 14.8 Å². The molecule has 1 fully saturated rings. The van der Waals surface area contributed by atoms with Crippen LogP contribution < -0.4 is 4.90 Å². The summed E-state index contributed by atoms with van der Waals surface area (Å²) in [5.41, 5.74) is 1.79. The van der Waals surface area contributed by atoms with Crippen molar-refractivity contribution in [3.63, 3.8) is 0 Å². The number of hydrogen-bond donors (Lipinski definition) is 2. The number of carbonyl (C=O) groups is 1. The van der Waals surface area contributed by atoms with Crippen LogP contribution in [-0.4, -0.2) is 57.2 Å². The second kappa shape index (κ2) is 5.75. The minimum atomic E-state index is 0.137. The summed E-state index contributed by atoms with van der Waals surface area (Å²) in [7, 11) is 0. The third kappa shape index (κ3) is 2.65. The Morgan fingerprint density at radius 1 is 1.17 bits per heavy atom. The number of carbonyl (C=O) groups excluding carboxylic acids is 1. The van der Waals surface area contributed by atoms with Crippen LogP contribution in [0.2, 0.25) is 0 Å². The fraction of sp³-hybridized carbons (Fsp3) is 0.312. The van der Waals surface area contributed by atoms with Crippen molar-refractivity contribution in [3.05, 3.63) is 42.4 Å². The van der Waals surface area contributed by atoms with Gasteiger partial charge >= 0.3 is 0 Å². The van der Waals surface area contributed by atoms with Crippen molar-refractivity contribution in [2.75, 3.05) is 31.1 Å². The Hall–Kier alpha value is -2.83. The summed E-state index contributed by atoms with van der Waals surface area (Å²) in [5, 5.41) is 8.26. The van der Waals surface area contributed by atoms with Gasteiger partial charge in [-0.2, -0.15) is 5.10 Å². The number of aromatic amines is 2. The number of aromatic nitrogens is 4. The SMILES string of the molecule is O=C(Cc1[nH]nc2ccccc12)N1CCN(c2ncc[nH]2)CC1. The fourth-order valence-electron chi connectivity index (χ4n) is 3.01. The smallest absolute Gasteiger partial charge is 0.228 e. The summed E-state index contributed by atoms with van der Waals surface area (Å²) in [5.74, 6) is 1.01. The fourth-order valence-corrected chi connectivity index (χ4v) is 3.01. The van der Waals surface area contributed by atoms with Gasteiger partial charge in [-0.25, -0.2) is 4.98 Å². The van der Waals surface area contributed by atoms with E-state index >= 15 is 0 Å². The molecule has 3 heterocycles. The van der Waals surface area contributed by atoms with E-state index in [4.69, 9.17) is 0 Å². The largest absolute Gasteiger partial charge is 0.339 e. The number of amides is 1. The van der Waals surface area contributed by atoms with Crippen LogP contribution >= 0.6 is 0 Å². The van der Waals surface area contributed by atoms with Crippen LogP contribution in [0.15, 0.2) is 36.7 Å². The molecule has 2 aromatic heterocycles. The second-order valence-corrected chi connectivity index (χ2v) is 5.68. The summed E-state index contributed by atoms with van der Waals surface area (Å²) >= 11 is 0. The summed E-state index contributed by atoms with van der Waals surface area (Å²) in [6, 6.07) is 7.86. The summed E-state index contributed by atoms with van der Waals surface area (Å²) in [4.78, 5) is 24.0. The van der Waals surface area contributed by atoms with Crippen LogP contribution in [0.5, 0.6) is 0 Å². The Balaban J connectivity index is 1.40. The van der Waals surface area contributed by atoms with E-state index in [1.54, 1.807) is 6.20 Å². The zero-order chi connectivity index (χ0) is 15.6. The standard InChI is InChI=1S/C16H18N6O/c23-15(11-14-12-3-1-2-4-13(12)19-20-14)21-7-9-22(10-8-21)16-17-5-6-18-16/h1-6H,7-11H2,(H,17,18)(H,19,20). The molecule has 1 saturated heterocycles. The highest BCUT2D eigenvalue weighted by Crippen LogP contribution is 2.17. The molecule has 0 bridgehead atoms. The number of imidazole rings is 1. The number of fused-ring (bicyclic) bond motifs is 1. The van der Waals surface area contributed by atoms with Crippen LogP contribution in [0.4, 0.5) is 5.95 Å².